The molecule has 0 spiro atoms. The molecule has 2 aromatic heterocycles. The maximum absolute atomic E-state index is 11.2. The zero-order valence-electron chi connectivity index (χ0n) is 12.7. The van der Waals surface area contributed by atoms with Crippen LogP contribution in [0.15, 0.2) is 18.5 Å². The fraction of sp³-hybridized carbons (Fsp3) is 0.417. The van der Waals surface area contributed by atoms with Crippen LogP contribution in [0.2, 0.25) is 0 Å². The van der Waals surface area contributed by atoms with Crippen LogP contribution in [0.25, 0.3) is 5.52 Å². The lowest BCUT2D eigenvalue weighted by Crippen LogP contribution is -2.41. The summed E-state index contributed by atoms with van der Waals surface area (Å²) in [6.07, 6.45) is -3.15. The molecular weight excluding hydrogens is 353 g/mol. The van der Waals surface area contributed by atoms with Crippen molar-refractivity contribution in [2.75, 3.05) is 12.3 Å². The molecule has 3 heterocycles. The summed E-state index contributed by atoms with van der Waals surface area (Å²) in [4.78, 5) is 12.9. The van der Waals surface area contributed by atoms with Crippen LogP contribution in [0.4, 0.5) is 5.82 Å². The Morgan fingerprint density at radius 3 is 2.88 bits per heavy atom. The second kappa shape index (κ2) is 6.01. The Labute approximate surface area is 141 Å². The number of rotatable bonds is 4. The third-order valence-corrected chi connectivity index (χ3v) is 4.64. The molecule has 13 heteroatoms. The minimum atomic E-state index is -4.07. The molecule has 1 aliphatic heterocycles. The van der Waals surface area contributed by atoms with Crippen LogP contribution in [-0.2, 0) is 14.9 Å². The van der Waals surface area contributed by atoms with E-state index in [0.717, 1.165) is 0 Å². The third-order valence-electron chi connectivity index (χ3n) is 4.01. The Morgan fingerprint density at radius 1 is 1.52 bits per heavy atom. The normalized spacial score (nSPS) is 31.7. The molecule has 0 aromatic carbocycles. The predicted octanol–water partition coefficient (Wildman–Crippen LogP) is -2.20. The number of fused-ring (bicyclic) bond motifs is 1. The molecular formula is C12H16N7O5P. The van der Waals surface area contributed by atoms with Gasteiger partial charge in [-0.1, -0.05) is 0 Å². The number of hydrogen-bond donors (Lipinski definition) is 6. The van der Waals surface area contributed by atoms with E-state index >= 15 is 0 Å². The fourth-order valence-electron chi connectivity index (χ4n) is 2.80. The van der Waals surface area contributed by atoms with Crippen molar-refractivity contribution in [3.63, 3.8) is 0 Å². The van der Waals surface area contributed by atoms with E-state index in [2.05, 4.69) is 15.2 Å². The van der Waals surface area contributed by atoms with Crippen LogP contribution in [0.5, 0.6) is 0 Å². The van der Waals surface area contributed by atoms with Gasteiger partial charge in [0.05, 0.1) is 5.69 Å². The van der Waals surface area contributed by atoms with Crippen LogP contribution in [-0.4, -0.2) is 54.6 Å². The highest BCUT2D eigenvalue weighted by molar-refractivity contribution is 7.53. The van der Waals surface area contributed by atoms with Gasteiger partial charge in [-0.25, -0.2) is 20.1 Å². The molecule has 12 nitrogen and oxygen atoms in total. The molecule has 5 atom stereocenters. The SMILES string of the molecule is N#C[C@@]1(c2ccc3c(N)ncnn23)O[C@H](CNP(N)(=O)O)[C@@H](O)[C@H]1O. The highest BCUT2D eigenvalue weighted by Gasteiger charge is 2.57. The van der Waals surface area contributed by atoms with E-state index in [1.165, 1.54) is 16.9 Å². The Hall–Kier alpha value is -2.10. The zero-order chi connectivity index (χ0) is 18.4. The minimum Gasteiger partial charge on any atom is -0.387 e. The Balaban J connectivity index is 2.01. The number of nitrogens with zero attached hydrogens (tertiary/aromatic N) is 4. The molecule has 1 unspecified atom stereocenters. The largest absolute Gasteiger partial charge is 0.387 e. The fourth-order valence-corrected chi connectivity index (χ4v) is 3.24. The second-order valence-corrected chi connectivity index (χ2v) is 7.15. The van der Waals surface area contributed by atoms with Crippen molar-refractivity contribution < 1.29 is 24.4 Å². The van der Waals surface area contributed by atoms with Crippen molar-refractivity contribution in [1.29, 1.82) is 5.26 Å². The second-order valence-electron chi connectivity index (χ2n) is 5.59. The quantitative estimate of drug-likeness (QED) is 0.319. The number of hydrogen-bond acceptors (Lipinski definition) is 8. The van der Waals surface area contributed by atoms with Gasteiger partial charge in [-0.3, -0.25) is 4.57 Å². The van der Waals surface area contributed by atoms with Crippen molar-refractivity contribution in [2.24, 2.45) is 5.50 Å². The minimum absolute atomic E-state index is 0.132. The molecule has 0 saturated carbocycles. The van der Waals surface area contributed by atoms with Gasteiger partial charge in [-0.05, 0) is 12.1 Å². The standard InChI is InChI=1S/C12H16N7O5P/c13-4-12(8-2-1-6-11(14)16-5-17-19(6)8)10(21)9(20)7(24-12)3-18-25(15,22)23/h1-2,5,7,9-10,20-21H,3H2,(H2,14,16,17)(H4,15,18,22,23)/t7-,9-,10-,12+/m1/s1. The van der Waals surface area contributed by atoms with E-state index in [9.17, 15) is 20.0 Å². The number of ether oxygens (including phenoxy) is 1. The molecule has 134 valence electrons. The van der Waals surface area contributed by atoms with Crippen LogP contribution < -0.4 is 16.3 Å². The van der Waals surface area contributed by atoms with E-state index < -0.39 is 31.6 Å². The first-order valence-electron chi connectivity index (χ1n) is 7.10. The maximum atomic E-state index is 11.2. The van der Waals surface area contributed by atoms with Gasteiger partial charge >= 0.3 is 7.67 Å². The van der Waals surface area contributed by atoms with E-state index in [-0.39, 0.29) is 18.1 Å². The average molecular weight is 369 g/mol. The van der Waals surface area contributed by atoms with Gasteiger partial charge in [0.1, 0.15) is 36.2 Å². The molecule has 2 aromatic rings. The summed E-state index contributed by atoms with van der Waals surface area (Å²) < 4.78 is 18.0. The first kappa shape index (κ1) is 17.7. The number of nitriles is 1. The van der Waals surface area contributed by atoms with Gasteiger partial charge in [0.15, 0.2) is 5.82 Å². The van der Waals surface area contributed by atoms with E-state index in [1.807, 2.05) is 6.07 Å². The lowest BCUT2D eigenvalue weighted by Gasteiger charge is -2.24. The van der Waals surface area contributed by atoms with Crippen LogP contribution >= 0.6 is 7.67 Å². The van der Waals surface area contributed by atoms with Crippen LogP contribution in [0.3, 0.4) is 0 Å². The molecule has 0 bridgehead atoms. The highest BCUT2D eigenvalue weighted by atomic mass is 31.2. The van der Waals surface area contributed by atoms with Crippen LogP contribution in [0, 0.1) is 11.3 Å². The van der Waals surface area contributed by atoms with Crippen molar-refractivity contribution in [3.05, 3.63) is 24.2 Å². The van der Waals surface area contributed by atoms with Gasteiger partial charge in [0, 0.05) is 6.54 Å². The van der Waals surface area contributed by atoms with Gasteiger partial charge in [0.2, 0.25) is 5.60 Å². The molecule has 0 amide bonds. The number of nitrogens with two attached hydrogens (primary N) is 2. The summed E-state index contributed by atoms with van der Waals surface area (Å²) in [5.41, 5.74) is 9.28. The molecule has 0 radical (unpaired) electrons. The molecule has 25 heavy (non-hydrogen) atoms. The Morgan fingerprint density at radius 2 is 2.24 bits per heavy atom. The monoisotopic (exact) mass is 369 g/mol. The van der Waals surface area contributed by atoms with Crippen molar-refractivity contribution in [1.82, 2.24) is 19.7 Å². The summed E-state index contributed by atoms with van der Waals surface area (Å²) in [6, 6.07) is 4.86. The third kappa shape index (κ3) is 2.88. The van der Waals surface area contributed by atoms with Crippen molar-refractivity contribution in [2.45, 2.75) is 23.9 Å². The van der Waals surface area contributed by atoms with Gasteiger partial charge in [0.25, 0.3) is 0 Å². The first-order chi connectivity index (χ1) is 11.7. The van der Waals surface area contributed by atoms with Crippen LogP contribution in [0.1, 0.15) is 5.69 Å². The molecule has 8 N–H and O–H groups in total. The Kier molecular flexibility index (Phi) is 4.26. The molecule has 1 fully saturated rings. The number of nitrogen functional groups attached to an aromatic ring is 1. The summed E-state index contributed by atoms with van der Waals surface area (Å²) in [5.74, 6) is 0.157. The van der Waals surface area contributed by atoms with E-state index in [1.54, 1.807) is 6.07 Å². The summed E-state index contributed by atoms with van der Waals surface area (Å²) >= 11 is 0. The summed E-state index contributed by atoms with van der Waals surface area (Å²) in [6.45, 7) is -0.355. The van der Waals surface area contributed by atoms with Crippen molar-refractivity contribution >= 4 is 19.0 Å². The Bertz CT molecular complexity index is 892. The lowest BCUT2D eigenvalue weighted by atomic mass is 9.92. The topological polar surface area (TPSA) is 205 Å². The predicted molar refractivity (Wildman–Crippen MR) is 83.6 cm³/mol. The van der Waals surface area contributed by atoms with Gasteiger partial charge in [-0.2, -0.15) is 10.4 Å². The number of aromatic nitrogens is 3. The smallest absolute Gasteiger partial charge is 0.335 e. The summed E-state index contributed by atoms with van der Waals surface area (Å²) in [7, 11) is -4.07. The molecule has 1 aliphatic rings. The van der Waals surface area contributed by atoms with Crippen molar-refractivity contribution in [3.8, 4) is 6.07 Å². The number of anilines is 1. The van der Waals surface area contributed by atoms with Gasteiger partial charge in [-0.15, -0.1) is 0 Å². The van der Waals surface area contributed by atoms with E-state index in [0.29, 0.717) is 5.52 Å². The number of aliphatic hydroxyl groups excluding tert-OH is 2. The maximum Gasteiger partial charge on any atom is 0.335 e. The number of aliphatic hydroxyl groups is 2. The summed E-state index contributed by atoms with van der Waals surface area (Å²) in [5, 5.41) is 36.4. The first-order valence-corrected chi connectivity index (χ1v) is 8.83. The van der Waals surface area contributed by atoms with Gasteiger partial charge < -0.3 is 25.6 Å². The molecule has 3 rings (SSSR count). The lowest BCUT2D eigenvalue weighted by molar-refractivity contribution is -0.0487. The number of nitrogens with one attached hydrogen (secondary N) is 1. The van der Waals surface area contributed by atoms with E-state index in [4.69, 9.17) is 20.9 Å². The zero-order valence-corrected chi connectivity index (χ0v) is 13.6. The molecule has 0 aliphatic carbocycles. The molecule has 1 saturated heterocycles. The average Bonchev–Trinajstić information content (AvgIpc) is 3.08. The highest BCUT2D eigenvalue weighted by Crippen LogP contribution is 2.40.